The van der Waals surface area contributed by atoms with Crippen LogP contribution in [0.2, 0.25) is 0 Å². The second-order valence-electron chi connectivity index (χ2n) is 3.64. The van der Waals surface area contributed by atoms with Crippen molar-refractivity contribution in [1.29, 1.82) is 0 Å². The van der Waals surface area contributed by atoms with E-state index in [1.807, 2.05) is 0 Å². The third kappa shape index (κ3) is 3.63. The minimum atomic E-state index is -0.651. The number of rotatable bonds is 4. The topological polar surface area (TPSA) is 97.7 Å². The summed E-state index contributed by atoms with van der Waals surface area (Å²) in [4.78, 5) is 21.4. The van der Waals surface area contributed by atoms with Crippen molar-refractivity contribution in [3.05, 3.63) is 61.4 Å². The molecule has 20 heavy (non-hydrogen) atoms. The number of nitro groups is 1. The number of hydrogen-bond donors (Lipinski definition) is 1. The van der Waals surface area contributed by atoms with Gasteiger partial charge in [-0.3, -0.25) is 14.9 Å². The Morgan fingerprint density at radius 2 is 2.00 bits per heavy atom. The smallest absolute Gasteiger partial charge is 0.400 e. The summed E-state index contributed by atoms with van der Waals surface area (Å²) in [7, 11) is 0. The summed E-state index contributed by atoms with van der Waals surface area (Å²) in [6, 6.07) is 9.54. The summed E-state index contributed by atoms with van der Waals surface area (Å²) < 4.78 is 5.87. The van der Waals surface area contributed by atoms with Gasteiger partial charge in [0.05, 0.1) is 12.3 Å². The van der Waals surface area contributed by atoms with E-state index in [4.69, 9.17) is 4.42 Å². The molecule has 0 unspecified atom stereocenters. The third-order valence-corrected chi connectivity index (χ3v) is 2.98. The predicted molar refractivity (Wildman–Crippen MR) is 79.6 cm³/mol. The van der Waals surface area contributed by atoms with Crippen LogP contribution in [-0.4, -0.2) is 17.0 Å². The first kappa shape index (κ1) is 14.2. The lowest BCUT2D eigenvalue weighted by atomic mass is 10.2. The zero-order chi connectivity index (χ0) is 14.5. The zero-order valence-corrected chi connectivity index (χ0v) is 12.1. The molecule has 7 nitrogen and oxygen atoms in total. The second kappa shape index (κ2) is 6.28. The van der Waals surface area contributed by atoms with Gasteiger partial charge in [-0.1, -0.05) is 0 Å². The number of benzene rings is 1. The molecule has 0 atom stereocenters. The van der Waals surface area contributed by atoms with E-state index >= 15 is 0 Å². The van der Waals surface area contributed by atoms with Crippen LogP contribution in [-0.2, 0) is 0 Å². The summed E-state index contributed by atoms with van der Waals surface area (Å²) in [6.07, 6.45) is 1.19. The van der Waals surface area contributed by atoms with Crippen LogP contribution in [0.1, 0.15) is 16.1 Å². The quantitative estimate of drug-likeness (QED) is 0.379. The highest BCUT2D eigenvalue weighted by atomic mass is 127. The Morgan fingerprint density at radius 1 is 1.30 bits per heavy atom. The Labute approximate surface area is 127 Å². The summed E-state index contributed by atoms with van der Waals surface area (Å²) in [5.74, 6) is -0.575. The van der Waals surface area contributed by atoms with Crippen molar-refractivity contribution in [1.82, 2.24) is 5.43 Å². The van der Waals surface area contributed by atoms with Crippen molar-refractivity contribution in [3.8, 4) is 0 Å². The molecule has 1 amide bonds. The molecule has 1 heterocycles. The van der Waals surface area contributed by atoms with E-state index in [1.54, 1.807) is 24.3 Å². The minimum absolute atomic E-state index is 0.180. The molecule has 2 rings (SSSR count). The standard InChI is InChI=1S/C12H8IN3O4/c13-9-3-1-8(2-4-9)12(17)15-14-7-10-5-6-11(20-10)16(18)19/h1-7H,(H,15,17)/b14-7-. The molecule has 0 aliphatic rings. The van der Waals surface area contributed by atoms with Gasteiger partial charge < -0.3 is 4.42 Å². The number of halogens is 1. The fourth-order valence-electron chi connectivity index (χ4n) is 1.33. The Morgan fingerprint density at radius 3 is 2.60 bits per heavy atom. The van der Waals surface area contributed by atoms with Crippen molar-refractivity contribution >= 4 is 40.6 Å². The number of amides is 1. The van der Waals surface area contributed by atoms with Gasteiger partial charge in [0.15, 0.2) is 5.76 Å². The first-order valence-electron chi connectivity index (χ1n) is 5.39. The Bertz CT molecular complexity index is 664. The third-order valence-electron chi connectivity index (χ3n) is 2.26. The molecule has 1 N–H and O–H groups in total. The zero-order valence-electron chi connectivity index (χ0n) is 9.95. The maximum Gasteiger partial charge on any atom is 0.433 e. The van der Waals surface area contributed by atoms with Gasteiger partial charge in [-0.15, -0.1) is 0 Å². The Balaban J connectivity index is 1.97. The molecule has 1 aromatic carbocycles. The van der Waals surface area contributed by atoms with E-state index in [2.05, 4.69) is 33.1 Å². The normalized spacial score (nSPS) is 10.7. The number of nitrogens with one attached hydrogen (secondary N) is 1. The number of carbonyl (C=O) groups excluding carboxylic acids is 1. The fourth-order valence-corrected chi connectivity index (χ4v) is 1.69. The molecule has 2 aromatic rings. The van der Waals surface area contributed by atoms with Gasteiger partial charge >= 0.3 is 5.88 Å². The number of carbonyl (C=O) groups is 1. The highest BCUT2D eigenvalue weighted by Crippen LogP contribution is 2.13. The number of nitrogens with zero attached hydrogens (tertiary/aromatic N) is 2. The number of furan rings is 1. The number of hydrogen-bond acceptors (Lipinski definition) is 5. The van der Waals surface area contributed by atoms with Gasteiger partial charge in [0.1, 0.15) is 4.92 Å². The van der Waals surface area contributed by atoms with Crippen LogP contribution in [0.5, 0.6) is 0 Å². The molecule has 0 aliphatic heterocycles. The van der Waals surface area contributed by atoms with E-state index < -0.39 is 4.92 Å². The molecular formula is C12H8IN3O4. The molecule has 0 aliphatic carbocycles. The van der Waals surface area contributed by atoms with Gasteiger partial charge in [-0.05, 0) is 52.9 Å². The molecule has 1 aromatic heterocycles. The van der Waals surface area contributed by atoms with E-state index in [9.17, 15) is 14.9 Å². The first-order valence-corrected chi connectivity index (χ1v) is 6.47. The van der Waals surface area contributed by atoms with Crippen LogP contribution in [0.15, 0.2) is 45.9 Å². The molecule has 0 spiro atoms. The molecule has 102 valence electrons. The number of hydrazone groups is 1. The van der Waals surface area contributed by atoms with Crippen LogP contribution < -0.4 is 5.43 Å². The maximum absolute atomic E-state index is 11.7. The van der Waals surface area contributed by atoms with E-state index in [-0.39, 0.29) is 17.6 Å². The van der Waals surface area contributed by atoms with Gasteiger partial charge in [-0.2, -0.15) is 5.10 Å². The van der Waals surface area contributed by atoms with E-state index in [0.717, 1.165) is 3.57 Å². The Hall–Kier alpha value is -2.23. The Kier molecular flexibility index (Phi) is 4.45. The predicted octanol–water partition coefficient (Wildman–Crippen LogP) is 2.56. The largest absolute Gasteiger partial charge is 0.433 e. The lowest BCUT2D eigenvalue weighted by Gasteiger charge is -1.98. The van der Waals surface area contributed by atoms with Gasteiger partial charge in [0.25, 0.3) is 5.91 Å². The molecule has 0 fully saturated rings. The monoisotopic (exact) mass is 385 g/mol. The van der Waals surface area contributed by atoms with Gasteiger partial charge in [0, 0.05) is 9.13 Å². The van der Waals surface area contributed by atoms with Crippen LogP contribution in [0.4, 0.5) is 5.88 Å². The fraction of sp³-hybridized carbons (Fsp3) is 0. The van der Waals surface area contributed by atoms with Crippen molar-refractivity contribution in [3.63, 3.8) is 0 Å². The SMILES string of the molecule is O=C(N/N=C\c1ccc([N+](=O)[O-])o1)c1ccc(I)cc1. The molecule has 0 radical (unpaired) electrons. The maximum atomic E-state index is 11.7. The van der Waals surface area contributed by atoms with Crippen LogP contribution in [0, 0.1) is 13.7 Å². The summed E-state index contributed by atoms with van der Waals surface area (Å²) >= 11 is 2.14. The van der Waals surface area contributed by atoms with Gasteiger partial charge in [0.2, 0.25) is 0 Å². The van der Waals surface area contributed by atoms with Crippen molar-refractivity contribution in [2.24, 2.45) is 5.10 Å². The van der Waals surface area contributed by atoms with E-state index in [1.165, 1.54) is 18.3 Å². The first-order chi connectivity index (χ1) is 9.56. The van der Waals surface area contributed by atoms with Crippen LogP contribution in [0.3, 0.4) is 0 Å². The van der Waals surface area contributed by atoms with Crippen molar-refractivity contribution < 1.29 is 14.1 Å². The van der Waals surface area contributed by atoms with Crippen LogP contribution >= 0.6 is 22.6 Å². The molecule has 8 heteroatoms. The summed E-state index contributed by atoms with van der Waals surface area (Å²) in [5, 5.41) is 14.1. The molecule has 0 saturated heterocycles. The van der Waals surface area contributed by atoms with Crippen LogP contribution in [0.25, 0.3) is 0 Å². The second-order valence-corrected chi connectivity index (χ2v) is 4.88. The molecular weight excluding hydrogens is 377 g/mol. The molecule has 0 bridgehead atoms. The lowest BCUT2D eigenvalue weighted by molar-refractivity contribution is -0.402. The summed E-state index contributed by atoms with van der Waals surface area (Å²) in [6.45, 7) is 0. The van der Waals surface area contributed by atoms with Gasteiger partial charge in [-0.25, -0.2) is 5.43 Å². The minimum Gasteiger partial charge on any atom is -0.400 e. The highest BCUT2D eigenvalue weighted by molar-refractivity contribution is 14.1. The van der Waals surface area contributed by atoms with Crippen molar-refractivity contribution in [2.75, 3.05) is 0 Å². The summed E-state index contributed by atoms with van der Waals surface area (Å²) in [5.41, 5.74) is 2.77. The highest BCUT2D eigenvalue weighted by Gasteiger charge is 2.10. The van der Waals surface area contributed by atoms with E-state index in [0.29, 0.717) is 5.56 Å². The average molecular weight is 385 g/mol. The lowest BCUT2D eigenvalue weighted by Crippen LogP contribution is -2.17. The molecule has 0 saturated carbocycles. The average Bonchev–Trinajstić information content (AvgIpc) is 2.88. The van der Waals surface area contributed by atoms with Crippen molar-refractivity contribution in [2.45, 2.75) is 0 Å².